The van der Waals surface area contributed by atoms with E-state index in [1.165, 1.54) is 12.8 Å². The maximum absolute atomic E-state index is 11.7. The standard InChI is InChI=1S/C16H19BrN5O/c17-12-13(15(19)23)21-16-10(3-5-20-16)14(12)22-6-4-9(8-1-2-8)11(18)7-22/h5,8-9,11H,1-2,4,6-7,18H2,(H2,19,23)(H,20,21)/t9-,11+/m1/s1. The minimum absolute atomic E-state index is 0.155. The predicted octanol–water partition coefficient (Wildman–Crippen LogP) is 1.79. The molecule has 2 aliphatic rings. The van der Waals surface area contributed by atoms with Crippen molar-refractivity contribution in [2.24, 2.45) is 23.3 Å². The molecule has 1 saturated carbocycles. The zero-order valence-electron chi connectivity index (χ0n) is 12.7. The Morgan fingerprint density at radius 1 is 1.43 bits per heavy atom. The van der Waals surface area contributed by atoms with Crippen molar-refractivity contribution in [3.63, 3.8) is 0 Å². The van der Waals surface area contributed by atoms with Gasteiger partial charge in [0.2, 0.25) is 0 Å². The Balaban J connectivity index is 1.74. The number of amides is 1. The van der Waals surface area contributed by atoms with Crippen LogP contribution in [0.5, 0.6) is 0 Å². The maximum Gasteiger partial charge on any atom is 0.268 e. The Hall–Kier alpha value is -1.60. The van der Waals surface area contributed by atoms with Gasteiger partial charge in [0.05, 0.1) is 15.5 Å². The summed E-state index contributed by atoms with van der Waals surface area (Å²) in [6.07, 6.45) is 5.42. The van der Waals surface area contributed by atoms with E-state index in [-0.39, 0.29) is 11.7 Å². The molecule has 121 valence electrons. The molecule has 4 rings (SSSR count). The number of hydrogen-bond donors (Lipinski definition) is 3. The van der Waals surface area contributed by atoms with E-state index in [2.05, 4.69) is 36.9 Å². The number of anilines is 1. The van der Waals surface area contributed by atoms with Gasteiger partial charge >= 0.3 is 0 Å². The van der Waals surface area contributed by atoms with Gasteiger partial charge in [-0.1, -0.05) is 0 Å². The van der Waals surface area contributed by atoms with Crippen molar-refractivity contribution in [2.45, 2.75) is 25.3 Å². The van der Waals surface area contributed by atoms with Crippen LogP contribution in [-0.2, 0) is 0 Å². The first-order valence-corrected chi connectivity index (χ1v) is 8.74. The fourth-order valence-corrected chi connectivity index (χ4v) is 4.47. The number of aromatic amines is 1. The third kappa shape index (κ3) is 2.52. The molecule has 0 bridgehead atoms. The molecule has 2 atom stereocenters. The van der Waals surface area contributed by atoms with Gasteiger partial charge in [0.1, 0.15) is 11.3 Å². The van der Waals surface area contributed by atoms with Crippen LogP contribution in [0.25, 0.3) is 11.0 Å². The zero-order chi connectivity index (χ0) is 16.1. The fourth-order valence-electron chi connectivity index (χ4n) is 3.74. The first-order valence-electron chi connectivity index (χ1n) is 7.95. The Kier molecular flexibility index (Phi) is 3.57. The molecule has 7 heteroatoms. The van der Waals surface area contributed by atoms with Crippen LogP contribution in [0.1, 0.15) is 29.8 Å². The van der Waals surface area contributed by atoms with E-state index >= 15 is 0 Å². The summed E-state index contributed by atoms with van der Waals surface area (Å²) in [5.41, 5.74) is 13.7. The molecule has 2 aromatic rings. The fraction of sp³-hybridized carbons (Fsp3) is 0.500. The minimum atomic E-state index is -0.549. The molecule has 2 aromatic heterocycles. The van der Waals surface area contributed by atoms with Crippen LogP contribution in [0, 0.1) is 17.9 Å². The number of pyridine rings is 1. The molecule has 1 radical (unpaired) electrons. The summed E-state index contributed by atoms with van der Waals surface area (Å²) in [5.74, 6) is 0.882. The normalized spacial score (nSPS) is 25.0. The Bertz CT molecular complexity index is 769. The van der Waals surface area contributed by atoms with Gasteiger partial charge in [-0.05, 0) is 47.0 Å². The van der Waals surface area contributed by atoms with Crippen molar-refractivity contribution in [2.75, 3.05) is 18.0 Å². The first-order chi connectivity index (χ1) is 11.1. The van der Waals surface area contributed by atoms with Crippen molar-refractivity contribution < 1.29 is 4.79 Å². The van der Waals surface area contributed by atoms with E-state index in [4.69, 9.17) is 11.5 Å². The summed E-state index contributed by atoms with van der Waals surface area (Å²) in [5, 5.41) is 0.860. The Morgan fingerprint density at radius 3 is 2.87 bits per heavy atom. The zero-order valence-corrected chi connectivity index (χ0v) is 14.3. The van der Waals surface area contributed by atoms with E-state index in [0.717, 1.165) is 36.5 Å². The topological polar surface area (TPSA) is 101 Å². The molecule has 0 aromatic carbocycles. The Labute approximate surface area is 142 Å². The highest BCUT2D eigenvalue weighted by Crippen LogP contribution is 2.43. The van der Waals surface area contributed by atoms with Crippen LogP contribution in [0.2, 0.25) is 0 Å². The lowest BCUT2D eigenvalue weighted by Gasteiger charge is -2.39. The van der Waals surface area contributed by atoms with Crippen molar-refractivity contribution in [3.8, 4) is 0 Å². The number of hydrogen-bond acceptors (Lipinski definition) is 4. The van der Waals surface area contributed by atoms with E-state index < -0.39 is 5.91 Å². The molecule has 23 heavy (non-hydrogen) atoms. The highest BCUT2D eigenvalue weighted by molar-refractivity contribution is 9.10. The molecular formula is C16H19BrN5O. The number of nitrogens with zero attached hydrogens (tertiary/aromatic N) is 2. The van der Waals surface area contributed by atoms with E-state index in [1.807, 2.05) is 0 Å². The van der Waals surface area contributed by atoms with Gasteiger partial charge in [-0.25, -0.2) is 4.98 Å². The van der Waals surface area contributed by atoms with Gasteiger partial charge in [0.25, 0.3) is 5.91 Å². The second-order valence-electron chi connectivity index (χ2n) is 6.54. The van der Waals surface area contributed by atoms with Crippen molar-refractivity contribution in [1.29, 1.82) is 0 Å². The van der Waals surface area contributed by atoms with Gasteiger partial charge in [-0.3, -0.25) is 4.79 Å². The monoisotopic (exact) mass is 376 g/mol. The maximum atomic E-state index is 11.7. The van der Waals surface area contributed by atoms with Crippen LogP contribution in [-0.4, -0.2) is 35.0 Å². The summed E-state index contributed by atoms with van der Waals surface area (Å²) in [6, 6.07) is 3.33. The molecule has 1 saturated heterocycles. The highest BCUT2D eigenvalue weighted by atomic mass is 79.9. The predicted molar refractivity (Wildman–Crippen MR) is 92.2 cm³/mol. The van der Waals surface area contributed by atoms with Gasteiger partial charge in [-0.15, -0.1) is 0 Å². The highest BCUT2D eigenvalue weighted by Gasteiger charge is 2.39. The molecule has 6 nitrogen and oxygen atoms in total. The largest absolute Gasteiger partial charge is 0.368 e. The van der Waals surface area contributed by atoms with Crippen molar-refractivity contribution in [3.05, 3.63) is 22.4 Å². The first kappa shape index (κ1) is 15.0. The second kappa shape index (κ2) is 5.49. The van der Waals surface area contributed by atoms with E-state index in [1.54, 1.807) is 6.20 Å². The average Bonchev–Trinajstić information content (AvgIpc) is 3.24. The lowest BCUT2D eigenvalue weighted by molar-refractivity contribution is 0.0995. The summed E-state index contributed by atoms with van der Waals surface area (Å²) < 4.78 is 0.630. The van der Waals surface area contributed by atoms with Crippen LogP contribution in [0.4, 0.5) is 5.69 Å². The second-order valence-corrected chi connectivity index (χ2v) is 7.34. The number of nitrogens with one attached hydrogen (secondary N) is 1. The lowest BCUT2D eigenvalue weighted by Crippen LogP contribution is -2.49. The number of carbonyl (C=O) groups is 1. The number of primary amides is 1. The summed E-state index contributed by atoms with van der Waals surface area (Å²) in [7, 11) is 0. The number of fused-ring (bicyclic) bond motifs is 1. The third-order valence-corrected chi connectivity index (χ3v) is 5.78. The average molecular weight is 377 g/mol. The molecule has 0 unspecified atom stereocenters. The molecule has 5 N–H and O–H groups in total. The molecular weight excluding hydrogens is 358 g/mol. The molecule has 0 spiro atoms. The van der Waals surface area contributed by atoms with Crippen LogP contribution < -0.4 is 16.4 Å². The van der Waals surface area contributed by atoms with Gasteiger partial charge < -0.3 is 21.4 Å². The number of H-pyrrole nitrogens is 1. The third-order valence-electron chi connectivity index (χ3n) is 5.03. The minimum Gasteiger partial charge on any atom is -0.368 e. The molecule has 1 aliphatic heterocycles. The van der Waals surface area contributed by atoms with Crippen LogP contribution >= 0.6 is 15.9 Å². The summed E-state index contributed by atoms with van der Waals surface area (Å²) in [4.78, 5) is 21.2. The number of carbonyl (C=O) groups excluding carboxylic acids is 1. The van der Waals surface area contributed by atoms with Crippen molar-refractivity contribution >= 4 is 38.6 Å². The Morgan fingerprint density at radius 2 is 2.22 bits per heavy atom. The van der Waals surface area contributed by atoms with Gasteiger partial charge in [0, 0.05) is 31.4 Å². The van der Waals surface area contributed by atoms with Crippen molar-refractivity contribution in [1.82, 2.24) is 9.97 Å². The molecule has 1 aliphatic carbocycles. The summed E-state index contributed by atoms with van der Waals surface area (Å²) >= 11 is 3.52. The lowest BCUT2D eigenvalue weighted by atomic mass is 9.87. The van der Waals surface area contributed by atoms with Crippen LogP contribution in [0.15, 0.2) is 10.7 Å². The number of piperidine rings is 1. The van der Waals surface area contributed by atoms with Crippen LogP contribution in [0.3, 0.4) is 0 Å². The number of aromatic nitrogens is 2. The van der Waals surface area contributed by atoms with Gasteiger partial charge in [0.15, 0.2) is 0 Å². The van der Waals surface area contributed by atoms with E-state index in [9.17, 15) is 4.79 Å². The molecule has 2 fully saturated rings. The SMILES string of the molecule is NC(=O)c1nc2[nH]c[c]c2c(N2CC[C@H](C3CC3)[C@@H](N)C2)c1Br. The molecule has 3 heterocycles. The quantitative estimate of drug-likeness (QED) is 0.759. The van der Waals surface area contributed by atoms with E-state index in [0.29, 0.717) is 16.0 Å². The summed E-state index contributed by atoms with van der Waals surface area (Å²) in [6.45, 7) is 1.69. The number of nitrogens with two attached hydrogens (primary N) is 2. The number of halogens is 1. The molecule has 1 amide bonds. The number of rotatable bonds is 3. The smallest absolute Gasteiger partial charge is 0.268 e. The van der Waals surface area contributed by atoms with Gasteiger partial charge in [-0.2, -0.15) is 0 Å².